The van der Waals surface area contributed by atoms with Gasteiger partial charge in [-0.15, -0.1) is 0 Å². The summed E-state index contributed by atoms with van der Waals surface area (Å²) in [6.45, 7) is 1.84. The number of amides is 1. The molecule has 1 heterocycles. The predicted octanol–water partition coefficient (Wildman–Crippen LogP) is 1.37. The first-order valence-corrected chi connectivity index (χ1v) is 6.27. The highest BCUT2D eigenvalue weighted by atomic mass is 16.3. The van der Waals surface area contributed by atoms with E-state index < -0.39 is 0 Å². The van der Waals surface area contributed by atoms with Crippen molar-refractivity contribution in [3.05, 3.63) is 48.3 Å². The van der Waals surface area contributed by atoms with Crippen molar-refractivity contribution in [2.24, 2.45) is 0 Å². The molecule has 0 spiro atoms. The maximum absolute atomic E-state index is 11.9. The molecule has 0 fully saturated rings. The molecule has 100 valence electrons. The van der Waals surface area contributed by atoms with Crippen LogP contribution in [0.4, 0.5) is 0 Å². The van der Waals surface area contributed by atoms with Gasteiger partial charge >= 0.3 is 0 Å². The molecular weight excluding hydrogens is 242 g/mol. The molecule has 1 aromatic heterocycles. The van der Waals surface area contributed by atoms with E-state index in [0.717, 1.165) is 5.69 Å². The van der Waals surface area contributed by atoms with Crippen LogP contribution in [-0.2, 0) is 0 Å². The summed E-state index contributed by atoms with van der Waals surface area (Å²) in [5.74, 6) is -0.268. The van der Waals surface area contributed by atoms with Crippen molar-refractivity contribution in [1.82, 2.24) is 15.1 Å². The second-order valence-corrected chi connectivity index (χ2v) is 4.24. The highest BCUT2D eigenvalue weighted by Gasteiger charge is 2.13. The largest absolute Gasteiger partial charge is 0.394 e. The number of nitrogens with one attached hydrogen (secondary N) is 1. The average Bonchev–Trinajstić information content (AvgIpc) is 2.95. The summed E-state index contributed by atoms with van der Waals surface area (Å²) >= 11 is 0. The van der Waals surface area contributed by atoms with E-state index in [0.29, 0.717) is 12.1 Å². The molecule has 1 aromatic carbocycles. The lowest BCUT2D eigenvalue weighted by atomic mass is 10.2. The minimum atomic E-state index is -0.268. The highest BCUT2D eigenvalue weighted by Crippen LogP contribution is 2.07. The van der Waals surface area contributed by atoms with Gasteiger partial charge in [-0.3, -0.25) is 4.79 Å². The number of nitrogens with zero attached hydrogens (tertiary/aromatic N) is 2. The summed E-state index contributed by atoms with van der Waals surface area (Å²) in [6, 6.07) is 11.0. The summed E-state index contributed by atoms with van der Waals surface area (Å²) in [6.07, 6.45) is 2.42. The third kappa shape index (κ3) is 3.20. The van der Waals surface area contributed by atoms with E-state index in [1.165, 1.54) is 0 Å². The normalized spacial score (nSPS) is 12.1. The molecule has 0 aliphatic rings. The van der Waals surface area contributed by atoms with Gasteiger partial charge in [-0.05, 0) is 24.6 Å². The summed E-state index contributed by atoms with van der Waals surface area (Å²) in [5.41, 5.74) is 1.24. The van der Waals surface area contributed by atoms with E-state index in [1.54, 1.807) is 16.9 Å². The molecule has 0 radical (unpaired) electrons. The zero-order chi connectivity index (χ0) is 13.7. The van der Waals surface area contributed by atoms with Crippen molar-refractivity contribution in [3.63, 3.8) is 0 Å². The molecule has 0 aliphatic carbocycles. The maximum Gasteiger partial charge on any atom is 0.272 e. The molecule has 2 rings (SSSR count). The van der Waals surface area contributed by atoms with E-state index in [9.17, 15) is 4.79 Å². The first kappa shape index (κ1) is 13.3. The third-order valence-corrected chi connectivity index (χ3v) is 2.89. The molecule has 0 bridgehead atoms. The molecule has 0 saturated heterocycles. The maximum atomic E-state index is 11.9. The number of rotatable bonds is 5. The smallest absolute Gasteiger partial charge is 0.272 e. The summed E-state index contributed by atoms with van der Waals surface area (Å²) < 4.78 is 1.65. The Bertz CT molecular complexity index is 533. The summed E-state index contributed by atoms with van der Waals surface area (Å²) in [7, 11) is 0. The van der Waals surface area contributed by atoms with Gasteiger partial charge in [0.25, 0.3) is 5.91 Å². The van der Waals surface area contributed by atoms with E-state index in [-0.39, 0.29) is 18.6 Å². The zero-order valence-electron chi connectivity index (χ0n) is 10.8. The molecule has 5 heteroatoms. The van der Waals surface area contributed by atoms with Gasteiger partial charge in [-0.2, -0.15) is 5.10 Å². The van der Waals surface area contributed by atoms with Crippen LogP contribution in [0, 0.1) is 0 Å². The minimum absolute atomic E-state index is 0.0678. The molecule has 19 heavy (non-hydrogen) atoms. The van der Waals surface area contributed by atoms with Gasteiger partial charge in [0.05, 0.1) is 18.3 Å². The number of aliphatic hydroxyl groups is 1. The van der Waals surface area contributed by atoms with Crippen molar-refractivity contribution in [3.8, 4) is 5.69 Å². The fourth-order valence-electron chi connectivity index (χ4n) is 1.71. The van der Waals surface area contributed by atoms with Gasteiger partial charge in [0.15, 0.2) is 5.69 Å². The van der Waals surface area contributed by atoms with Crippen LogP contribution in [0.15, 0.2) is 42.6 Å². The van der Waals surface area contributed by atoms with Gasteiger partial charge in [0.2, 0.25) is 0 Å². The van der Waals surface area contributed by atoms with E-state index >= 15 is 0 Å². The Labute approximate surface area is 111 Å². The molecule has 0 aliphatic heterocycles. The molecular formula is C14H17N3O2. The molecule has 5 nitrogen and oxygen atoms in total. The van der Waals surface area contributed by atoms with Crippen LogP contribution in [0.5, 0.6) is 0 Å². The van der Waals surface area contributed by atoms with E-state index in [4.69, 9.17) is 5.11 Å². The monoisotopic (exact) mass is 259 g/mol. The highest BCUT2D eigenvalue weighted by molar-refractivity contribution is 5.92. The number of aromatic nitrogens is 2. The second-order valence-electron chi connectivity index (χ2n) is 4.24. The number of carbonyl (C=O) groups excluding carboxylic acids is 1. The van der Waals surface area contributed by atoms with E-state index in [2.05, 4.69) is 10.4 Å². The molecule has 2 aromatic rings. The van der Waals surface area contributed by atoms with Gasteiger partial charge < -0.3 is 10.4 Å². The van der Waals surface area contributed by atoms with Gasteiger partial charge in [-0.1, -0.05) is 25.1 Å². The molecule has 2 N–H and O–H groups in total. The van der Waals surface area contributed by atoms with Crippen LogP contribution in [0.25, 0.3) is 5.69 Å². The lowest BCUT2D eigenvalue weighted by Crippen LogP contribution is -2.37. The lowest BCUT2D eigenvalue weighted by molar-refractivity contribution is 0.0909. The second kappa shape index (κ2) is 6.15. The summed E-state index contributed by atoms with van der Waals surface area (Å²) in [5, 5.41) is 16.0. The summed E-state index contributed by atoms with van der Waals surface area (Å²) in [4.78, 5) is 11.9. The number of hydrogen-bond donors (Lipinski definition) is 2. The predicted molar refractivity (Wildman–Crippen MR) is 72.2 cm³/mol. The van der Waals surface area contributed by atoms with Gasteiger partial charge in [0.1, 0.15) is 0 Å². The van der Waals surface area contributed by atoms with Crippen LogP contribution in [0.1, 0.15) is 23.8 Å². The third-order valence-electron chi connectivity index (χ3n) is 2.89. The van der Waals surface area contributed by atoms with Crippen molar-refractivity contribution >= 4 is 5.91 Å². The van der Waals surface area contributed by atoms with Crippen LogP contribution < -0.4 is 5.32 Å². The minimum Gasteiger partial charge on any atom is -0.394 e. The number of aliphatic hydroxyl groups excluding tert-OH is 1. The van der Waals surface area contributed by atoms with Crippen molar-refractivity contribution in [1.29, 1.82) is 0 Å². The number of hydrogen-bond acceptors (Lipinski definition) is 3. The standard InChI is InChI=1S/C14H17N3O2/c1-2-11(10-18)15-14(19)13-8-9-17(16-13)12-6-4-3-5-7-12/h3-9,11,18H,2,10H2,1H3,(H,15,19)/t11-/m1/s1. The number of carbonyl (C=O) groups is 1. The fraction of sp³-hybridized carbons (Fsp3) is 0.286. The topological polar surface area (TPSA) is 67.2 Å². The Morgan fingerprint density at radius 3 is 2.74 bits per heavy atom. The molecule has 1 amide bonds. The Balaban J connectivity index is 2.11. The zero-order valence-corrected chi connectivity index (χ0v) is 10.8. The Kier molecular flexibility index (Phi) is 4.30. The van der Waals surface area contributed by atoms with Gasteiger partial charge in [0, 0.05) is 6.20 Å². The fourth-order valence-corrected chi connectivity index (χ4v) is 1.71. The molecule has 1 atom stereocenters. The average molecular weight is 259 g/mol. The number of benzene rings is 1. The van der Waals surface area contributed by atoms with Crippen LogP contribution in [0.3, 0.4) is 0 Å². The van der Waals surface area contributed by atoms with Crippen molar-refractivity contribution in [2.45, 2.75) is 19.4 Å². The van der Waals surface area contributed by atoms with Crippen LogP contribution >= 0.6 is 0 Å². The molecule has 0 unspecified atom stereocenters. The Hall–Kier alpha value is -2.14. The Morgan fingerprint density at radius 1 is 1.37 bits per heavy atom. The van der Waals surface area contributed by atoms with Crippen molar-refractivity contribution in [2.75, 3.05) is 6.61 Å². The first-order valence-electron chi connectivity index (χ1n) is 6.27. The van der Waals surface area contributed by atoms with E-state index in [1.807, 2.05) is 37.3 Å². The Morgan fingerprint density at radius 2 is 2.11 bits per heavy atom. The lowest BCUT2D eigenvalue weighted by Gasteiger charge is -2.12. The molecule has 0 saturated carbocycles. The first-order chi connectivity index (χ1) is 9.24. The SMILES string of the molecule is CC[C@H](CO)NC(=O)c1ccn(-c2ccccc2)n1. The number of para-hydroxylation sites is 1. The van der Waals surface area contributed by atoms with Crippen LogP contribution in [0.2, 0.25) is 0 Å². The van der Waals surface area contributed by atoms with Crippen molar-refractivity contribution < 1.29 is 9.90 Å². The van der Waals surface area contributed by atoms with Crippen LogP contribution in [-0.4, -0.2) is 33.4 Å². The quantitative estimate of drug-likeness (QED) is 0.852. The van der Waals surface area contributed by atoms with Gasteiger partial charge in [-0.25, -0.2) is 4.68 Å².